The number of esters is 1. The smallest absolute Gasteiger partial charge is 0.350 e. The van der Waals surface area contributed by atoms with Crippen molar-refractivity contribution >= 4 is 40.7 Å². The van der Waals surface area contributed by atoms with E-state index in [9.17, 15) is 9.59 Å². The highest BCUT2D eigenvalue weighted by Gasteiger charge is 2.15. The number of rotatable bonds is 6. The van der Waals surface area contributed by atoms with Crippen LogP contribution < -0.4 is 5.32 Å². The zero-order chi connectivity index (χ0) is 16.8. The molecule has 1 heterocycles. The van der Waals surface area contributed by atoms with Crippen LogP contribution in [0.1, 0.15) is 27.2 Å². The third-order valence-corrected chi connectivity index (χ3v) is 5.28. The van der Waals surface area contributed by atoms with Gasteiger partial charge in [0, 0.05) is 17.1 Å². The van der Waals surface area contributed by atoms with Gasteiger partial charge in [0.1, 0.15) is 4.88 Å². The lowest BCUT2D eigenvalue weighted by Crippen LogP contribution is -2.14. The quantitative estimate of drug-likeness (QED) is 0.625. The van der Waals surface area contributed by atoms with Crippen LogP contribution in [0.25, 0.3) is 0 Å². The van der Waals surface area contributed by atoms with E-state index >= 15 is 0 Å². The lowest BCUT2D eigenvalue weighted by molar-refractivity contribution is -0.115. The third kappa shape index (κ3) is 4.84. The van der Waals surface area contributed by atoms with Gasteiger partial charge in [-0.15, -0.1) is 23.1 Å². The highest BCUT2D eigenvalue weighted by molar-refractivity contribution is 7.99. The number of thioether (sulfide) groups is 1. The van der Waals surface area contributed by atoms with E-state index in [1.807, 2.05) is 0 Å². The van der Waals surface area contributed by atoms with Crippen molar-refractivity contribution in [3.8, 4) is 0 Å². The number of benzene rings is 1. The lowest BCUT2D eigenvalue weighted by atomic mass is 10.1. The zero-order valence-corrected chi connectivity index (χ0v) is 15.0. The maximum atomic E-state index is 12.0. The van der Waals surface area contributed by atoms with Gasteiger partial charge < -0.3 is 10.1 Å². The molecule has 0 aliphatic carbocycles. The molecule has 0 unspecified atom stereocenters. The van der Waals surface area contributed by atoms with Gasteiger partial charge in [0.15, 0.2) is 0 Å². The summed E-state index contributed by atoms with van der Waals surface area (Å²) in [6.07, 6.45) is 0.383. The van der Waals surface area contributed by atoms with Crippen LogP contribution in [0.15, 0.2) is 34.5 Å². The Morgan fingerprint density at radius 1 is 1.22 bits per heavy atom. The van der Waals surface area contributed by atoms with E-state index in [-0.39, 0.29) is 5.91 Å². The fourth-order valence-corrected chi connectivity index (χ4v) is 3.65. The summed E-state index contributed by atoms with van der Waals surface area (Å²) >= 11 is 2.90. The van der Waals surface area contributed by atoms with Gasteiger partial charge >= 0.3 is 5.97 Å². The van der Waals surface area contributed by atoms with Crippen LogP contribution in [-0.2, 0) is 9.53 Å². The van der Waals surface area contributed by atoms with Crippen molar-refractivity contribution in [2.45, 2.75) is 25.2 Å². The van der Waals surface area contributed by atoms with Gasteiger partial charge in [-0.25, -0.2) is 4.79 Å². The van der Waals surface area contributed by atoms with Gasteiger partial charge in [0.2, 0.25) is 5.91 Å². The average molecular weight is 349 g/mol. The van der Waals surface area contributed by atoms with Gasteiger partial charge in [0.05, 0.1) is 12.8 Å². The second-order valence-corrected chi connectivity index (χ2v) is 7.13. The number of anilines is 1. The van der Waals surface area contributed by atoms with Crippen LogP contribution in [0.5, 0.6) is 0 Å². The molecule has 0 bridgehead atoms. The molecule has 1 amide bonds. The van der Waals surface area contributed by atoms with Crippen molar-refractivity contribution < 1.29 is 14.3 Å². The number of methoxy groups -OCH3 is 1. The molecule has 2 aromatic rings. The van der Waals surface area contributed by atoms with E-state index in [1.54, 1.807) is 23.2 Å². The Balaban J connectivity index is 1.85. The van der Waals surface area contributed by atoms with Crippen LogP contribution in [-0.4, -0.2) is 24.7 Å². The molecule has 0 aliphatic rings. The molecule has 0 fully saturated rings. The molecule has 1 aromatic carbocycles. The summed E-state index contributed by atoms with van der Waals surface area (Å²) in [5, 5.41) is 4.53. The van der Waals surface area contributed by atoms with Gasteiger partial charge in [-0.1, -0.05) is 6.07 Å². The van der Waals surface area contributed by atoms with Gasteiger partial charge in [-0.05, 0) is 48.6 Å². The van der Waals surface area contributed by atoms with E-state index in [4.69, 9.17) is 4.74 Å². The number of hydrogen-bond donors (Lipinski definition) is 1. The first-order valence-corrected chi connectivity index (χ1v) is 9.03. The van der Waals surface area contributed by atoms with E-state index in [1.165, 1.54) is 29.6 Å². The van der Waals surface area contributed by atoms with Gasteiger partial charge in [0.25, 0.3) is 0 Å². The molecule has 2 rings (SSSR count). The molecule has 0 spiro atoms. The number of hydrogen-bond acceptors (Lipinski definition) is 5. The van der Waals surface area contributed by atoms with Crippen LogP contribution in [0.4, 0.5) is 5.69 Å². The Hall–Kier alpha value is -1.79. The molecule has 0 atom stereocenters. The summed E-state index contributed by atoms with van der Waals surface area (Å²) < 4.78 is 4.69. The molecule has 6 heteroatoms. The minimum Gasteiger partial charge on any atom is -0.465 e. The number of carbonyl (C=O) groups excluding carboxylic acids is 2. The van der Waals surface area contributed by atoms with Crippen molar-refractivity contribution in [3.05, 3.63) is 45.6 Å². The van der Waals surface area contributed by atoms with Crippen molar-refractivity contribution in [2.24, 2.45) is 0 Å². The van der Waals surface area contributed by atoms with Gasteiger partial charge in [-0.3, -0.25) is 4.79 Å². The topological polar surface area (TPSA) is 55.4 Å². The van der Waals surface area contributed by atoms with Crippen LogP contribution in [0, 0.1) is 13.8 Å². The normalized spacial score (nSPS) is 10.4. The first-order chi connectivity index (χ1) is 11.0. The summed E-state index contributed by atoms with van der Waals surface area (Å²) in [6.45, 7) is 4.16. The summed E-state index contributed by atoms with van der Waals surface area (Å²) in [6, 6.07) is 8.00. The minimum atomic E-state index is -0.431. The maximum absolute atomic E-state index is 12.0. The summed E-state index contributed by atoms with van der Waals surface area (Å²) in [5.74, 6) is 0.149. The Kier molecular flexibility index (Phi) is 6.24. The van der Waals surface area contributed by atoms with E-state index in [0.29, 0.717) is 22.7 Å². The van der Waals surface area contributed by atoms with Gasteiger partial charge in [-0.2, -0.15) is 0 Å². The lowest BCUT2D eigenvalue weighted by Gasteiger charge is -2.07. The minimum absolute atomic E-state index is 0.107. The number of aryl methyl sites for hydroxylation is 2. The molecular formula is C17H19NO3S2. The fraction of sp³-hybridized carbons (Fsp3) is 0.294. The second kappa shape index (κ2) is 8.17. The molecule has 4 nitrogen and oxygen atoms in total. The molecular weight excluding hydrogens is 330 g/mol. The SMILES string of the molecule is COC(=O)c1sccc1NC(=O)CCSc1ccc(C)c(C)c1. The summed E-state index contributed by atoms with van der Waals surface area (Å²) in [7, 11) is 1.33. The van der Waals surface area contributed by atoms with Crippen molar-refractivity contribution in [1.29, 1.82) is 0 Å². The summed E-state index contributed by atoms with van der Waals surface area (Å²) in [4.78, 5) is 25.2. The largest absolute Gasteiger partial charge is 0.465 e. The van der Waals surface area contributed by atoms with Crippen molar-refractivity contribution in [3.63, 3.8) is 0 Å². The molecule has 0 radical (unpaired) electrons. The van der Waals surface area contributed by atoms with Crippen molar-refractivity contribution in [2.75, 3.05) is 18.2 Å². The Morgan fingerprint density at radius 2 is 2.00 bits per heavy atom. The molecule has 1 N–H and O–H groups in total. The monoisotopic (exact) mass is 349 g/mol. The Morgan fingerprint density at radius 3 is 2.70 bits per heavy atom. The second-order valence-electron chi connectivity index (χ2n) is 5.05. The van der Waals surface area contributed by atoms with E-state index in [0.717, 1.165) is 4.90 Å². The molecule has 0 aliphatic heterocycles. The number of ether oxygens (including phenoxy) is 1. The molecule has 1 aromatic heterocycles. The summed E-state index contributed by atoms with van der Waals surface area (Å²) in [5.41, 5.74) is 3.03. The molecule has 23 heavy (non-hydrogen) atoms. The van der Waals surface area contributed by atoms with Crippen LogP contribution in [0.2, 0.25) is 0 Å². The maximum Gasteiger partial charge on any atom is 0.350 e. The number of thiophene rings is 1. The fourth-order valence-electron chi connectivity index (χ4n) is 1.94. The highest BCUT2D eigenvalue weighted by Crippen LogP contribution is 2.24. The molecule has 0 saturated carbocycles. The first-order valence-electron chi connectivity index (χ1n) is 7.17. The Bertz CT molecular complexity index is 710. The predicted octanol–water partition coefficient (Wildman–Crippen LogP) is 4.27. The average Bonchev–Trinajstić information content (AvgIpc) is 2.98. The van der Waals surface area contributed by atoms with Crippen LogP contribution in [0.3, 0.4) is 0 Å². The predicted molar refractivity (Wildman–Crippen MR) is 95.5 cm³/mol. The number of carbonyl (C=O) groups is 2. The third-order valence-electron chi connectivity index (χ3n) is 3.39. The van der Waals surface area contributed by atoms with E-state index in [2.05, 4.69) is 37.4 Å². The number of nitrogens with one attached hydrogen (secondary N) is 1. The van der Waals surface area contributed by atoms with Crippen molar-refractivity contribution in [1.82, 2.24) is 0 Å². The molecule has 0 saturated heterocycles. The standard InChI is InChI=1S/C17H19NO3S2/c1-11-4-5-13(10-12(11)2)22-9-7-15(19)18-14-6-8-23-16(14)17(20)21-3/h4-6,8,10H,7,9H2,1-3H3,(H,18,19). The Labute approximate surface area is 144 Å². The first kappa shape index (κ1) is 17.6. The van der Waals surface area contributed by atoms with Crippen LogP contribution >= 0.6 is 23.1 Å². The van der Waals surface area contributed by atoms with E-state index < -0.39 is 5.97 Å². The highest BCUT2D eigenvalue weighted by atomic mass is 32.2. The zero-order valence-electron chi connectivity index (χ0n) is 13.3. The number of amides is 1. The molecule has 122 valence electrons.